The Morgan fingerprint density at radius 1 is 1.67 bits per heavy atom. The van der Waals surface area contributed by atoms with Crippen LogP contribution in [0.5, 0.6) is 0 Å². The number of hydroxylamine groups is 3. The SMILES string of the molecule is CC1OCCC[N+]1(C)[O-]. The number of quaternary nitrogens is 1. The fourth-order valence-electron chi connectivity index (χ4n) is 0.972. The first-order chi connectivity index (χ1) is 4.13. The second kappa shape index (κ2) is 2.25. The molecule has 1 rings (SSSR count). The molecule has 0 bridgehead atoms. The van der Waals surface area contributed by atoms with Gasteiger partial charge in [0.05, 0.1) is 20.2 Å². The smallest absolute Gasteiger partial charge is 0.189 e. The molecule has 3 heteroatoms. The van der Waals surface area contributed by atoms with Gasteiger partial charge in [0.15, 0.2) is 6.23 Å². The molecule has 0 radical (unpaired) electrons. The Labute approximate surface area is 55.4 Å². The molecule has 0 spiro atoms. The summed E-state index contributed by atoms with van der Waals surface area (Å²) in [6, 6.07) is 0. The largest absolute Gasteiger partial charge is 0.631 e. The lowest BCUT2D eigenvalue weighted by atomic mass is 10.3. The minimum atomic E-state index is -0.236. The summed E-state index contributed by atoms with van der Waals surface area (Å²) >= 11 is 0. The molecule has 0 aromatic rings. The highest BCUT2D eigenvalue weighted by atomic mass is 16.6. The molecule has 0 saturated carbocycles. The van der Waals surface area contributed by atoms with Crippen molar-refractivity contribution in [3.63, 3.8) is 0 Å². The quantitative estimate of drug-likeness (QED) is 0.358. The number of ether oxygens (including phenoxy) is 1. The van der Waals surface area contributed by atoms with Gasteiger partial charge >= 0.3 is 0 Å². The molecule has 3 nitrogen and oxygen atoms in total. The summed E-state index contributed by atoms with van der Waals surface area (Å²) in [6.45, 7) is 3.27. The van der Waals surface area contributed by atoms with Gasteiger partial charge in [-0.1, -0.05) is 0 Å². The minimum Gasteiger partial charge on any atom is -0.631 e. The lowest BCUT2D eigenvalue weighted by Gasteiger charge is -2.46. The van der Waals surface area contributed by atoms with E-state index in [9.17, 15) is 5.21 Å². The van der Waals surface area contributed by atoms with Gasteiger partial charge in [0.1, 0.15) is 0 Å². The van der Waals surface area contributed by atoms with Gasteiger partial charge in [0, 0.05) is 13.3 Å². The maximum absolute atomic E-state index is 11.3. The van der Waals surface area contributed by atoms with Crippen LogP contribution in [0.15, 0.2) is 0 Å². The summed E-state index contributed by atoms with van der Waals surface area (Å²) in [5, 5.41) is 11.3. The van der Waals surface area contributed by atoms with Crippen molar-refractivity contribution in [3.05, 3.63) is 5.21 Å². The number of hydrogen-bond donors (Lipinski definition) is 0. The average molecular weight is 131 g/mol. The molecular weight excluding hydrogens is 118 g/mol. The standard InChI is InChI=1S/C6H13NO2/c1-6-7(2,8)4-3-5-9-6/h6H,3-5H2,1-2H3. The zero-order valence-corrected chi connectivity index (χ0v) is 5.96. The van der Waals surface area contributed by atoms with E-state index >= 15 is 0 Å². The van der Waals surface area contributed by atoms with Crippen LogP contribution in [0.4, 0.5) is 0 Å². The second-order valence-electron chi connectivity index (χ2n) is 2.72. The highest BCUT2D eigenvalue weighted by molar-refractivity contribution is 4.48. The van der Waals surface area contributed by atoms with Crippen LogP contribution in [-0.2, 0) is 4.74 Å². The van der Waals surface area contributed by atoms with Crippen LogP contribution in [0.1, 0.15) is 13.3 Å². The van der Waals surface area contributed by atoms with Crippen LogP contribution in [0.3, 0.4) is 0 Å². The molecule has 1 fully saturated rings. The Morgan fingerprint density at radius 2 is 2.33 bits per heavy atom. The van der Waals surface area contributed by atoms with E-state index in [-0.39, 0.29) is 10.9 Å². The van der Waals surface area contributed by atoms with E-state index in [1.165, 1.54) is 0 Å². The fourth-order valence-corrected chi connectivity index (χ4v) is 0.972. The van der Waals surface area contributed by atoms with Gasteiger partial charge in [-0.25, -0.2) is 0 Å². The molecule has 2 atom stereocenters. The maximum atomic E-state index is 11.3. The first kappa shape index (κ1) is 6.99. The maximum Gasteiger partial charge on any atom is 0.189 e. The number of nitrogens with zero attached hydrogens (tertiary/aromatic N) is 1. The van der Waals surface area contributed by atoms with Gasteiger partial charge in [0.2, 0.25) is 0 Å². The molecule has 0 aromatic carbocycles. The third-order valence-electron chi connectivity index (χ3n) is 1.87. The summed E-state index contributed by atoms with van der Waals surface area (Å²) < 4.78 is 4.92. The van der Waals surface area contributed by atoms with E-state index in [2.05, 4.69) is 0 Å². The fraction of sp³-hybridized carbons (Fsp3) is 1.00. The van der Waals surface area contributed by atoms with Crippen LogP contribution < -0.4 is 0 Å². The third-order valence-corrected chi connectivity index (χ3v) is 1.87. The van der Waals surface area contributed by atoms with Gasteiger partial charge in [0.25, 0.3) is 0 Å². The molecule has 54 valence electrons. The molecule has 2 unspecified atom stereocenters. The summed E-state index contributed by atoms with van der Waals surface area (Å²) in [5.74, 6) is 0. The Bertz CT molecular complexity index is 103. The Hall–Kier alpha value is -0.120. The first-order valence-corrected chi connectivity index (χ1v) is 3.31. The summed E-state index contributed by atoms with van der Waals surface area (Å²) in [7, 11) is 1.66. The van der Waals surface area contributed by atoms with Crippen molar-refractivity contribution < 1.29 is 9.38 Å². The molecule has 1 aliphatic rings. The monoisotopic (exact) mass is 131 g/mol. The van der Waals surface area contributed by atoms with Crippen molar-refractivity contribution in [2.24, 2.45) is 0 Å². The van der Waals surface area contributed by atoms with Gasteiger partial charge in [-0.2, -0.15) is 0 Å². The lowest BCUT2D eigenvalue weighted by Crippen LogP contribution is -2.51. The van der Waals surface area contributed by atoms with Crippen LogP contribution >= 0.6 is 0 Å². The van der Waals surface area contributed by atoms with Crippen LogP contribution in [0.25, 0.3) is 0 Å². The predicted octanol–water partition coefficient (Wildman–Crippen LogP) is 0.697. The van der Waals surface area contributed by atoms with Crippen molar-refractivity contribution in [1.82, 2.24) is 0 Å². The molecule has 0 amide bonds. The molecule has 0 aromatic heterocycles. The van der Waals surface area contributed by atoms with E-state index in [0.29, 0.717) is 6.54 Å². The molecule has 9 heavy (non-hydrogen) atoms. The van der Waals surface area contributed by atoms with Gasteiger partial charge in [-0.05, 0) is 0 Å². The number of hydrogen-bond acceptors (Lipinski definition) is 2. The first-order valence-electron chi connectivity index (χ1n) is 3.31. The van der Waals surface area contributed by atoms with Gasteiger partial charge < -0.3 is 14.6 Å². The van der Waals surface area contributed by atoms with Crippen molar-refractivity contribution in [2.75, 3.05) is 20.2 Å². The summed E-state index contributed by atoms with van der Waals surface area (Å²) in [4.78, 5) is 0. The van der Waals surface area contributed by atoms with E-state index in [1.54, 1.807) is 7.05 Å². The highest BCUT2D eigenvalue weighted by Crippen LogP contribution is 2.15. The normalized spacial score (nSPS) is 45.0. The molecule has 1 aliphatic heterocycles. The summed E-state index contributed by atoms with van der Waals surface area (Å²) in [5.41, 5.74) is 0. The Balaban J connectivity index is 2.49. The van der Waals surface area contributed by atoms with Crippen LogP contribution in [0.2, 0.25) is 0 Å². The van der Waals surface area contributed by atoms with E-state index in [1.807, 2.05) is 6.92 Å². The Morgan fingerprint density at radius 3 is 2.67 bits per heavy atom. The number of rotatable bonds is 0. The molecule has 1 heterocycles. The summed E-state index contributed by atoms with van der Waals surface area (Å²) in [6.07, 6.45) is 0.725. The van der Waals surface area contributed by atoms with Crippen molar-refractivity contribution in [1.29, 1.82) is 0 Å². The zero-order valence-electron chi connectivity index (χ0n) is 5.96. The zero-order chi connectivity index (χ0) is 6.91. The van der Waals surface area contributed by atoms with Crippen molar-refractivity contribution >= 4 is 0 Å². The van der Waals surface area contributed by atoms with E-state index in [4.69, 9.17) is 4.74 Å². The molecular formula is C6H13NO2. The lowest BCUT2D eigenvalue weighted by molar-refractivity contribution is -0.916. The Kier molecular flexibility index (Phi) is 1.75. The second-order valence-corrected chi connectivity index (χ2v) is 2.72. The van der Waals surface area contributed by atoms with Crippen LogP contribution in [-0.4, -0.2) is 31.1 Å². The topological polar surface area (TPSA) is 32.3 Å². The minimum absolute atomic E-state index is 0.168. The molecule has 0 N–H and O–H groups in total. The third kappa shape index (κ3) is 1.41. The van der Waals surface area contributed by atoms with Crippen molar-refractivity contribution in [3.8, 4) is 0 Å². The van der Waals surface area contributed by atoms with E-state index < -0.39 is 0 Å². The van der Waals surface area contributed by atoms with E-state index in [0.717, 1.165) is 13.0 Å². The molecule has 1 saturated heterocycles. The van der Waals surface area contributed by atoms with Crippen LogP contribution in [0, 0.1) is 5.21 Å². The van der Waals surface area contributed by atoms with Crippen molar-refractivity contribution in [2.45, 2.75) is 19.6 Å². The highest BCUT2D eigenvalue weighted by Gasteiger charge is 2.23. The average Bonchev–Trinajstić information content (AvgIpc) is 1.77. The van der Waals surface area contributed by atoms with Gasteiger partial charge in [-0.3, -0.25) is 0 Å². The molecule has 0 aliphatic carbocycles. The van der Waals surface area contributed by atoms with Gasteiger partial charge in [-0.15, -0.1) is 0 Å². The predicted molar refractivity (Wildman–Crippen MR) is 34.4 cm³/mol.